The summed E-state index contributed by atoms with van der Waals surface area (Å²) < 4.78 is 0. The average Bonchev–Trinajstić information content (AvgIpc) is 2.79. The zero-order valence-corrected chi connectivity index (χ0v) is 9.87. The molecule has 0 aromatic rings. The van der Waals surface area contributed by atoms with Gasteiger partial charge in [0, 0.05) is 6.04 Å². The van der Waals surface area contributed by atoms with Gasteiger partial charge in [-0.3, -0.25) is 14.5 Å². The van der Waals surface area contributed by atoms with E-state index in [2.05, 4.69) is 15.7 Å². The molecule has 2 aliphatic rings. The summed E-state index contributed by atoms with van der Waals surface area (Å²) in [6.45, 7) is 3.19. The Kier molecular flexibility index (Phi) is 4.15. The van der Waals surface area contributed by atoms with Crippen LogP contribution in [0.25, 0.3) is 0 Å². The SMILES string of the molecule is CONC(=O)C1CCCN1C1CCNCC1. The second-order valence-electron chi connectivity index (χ2n) is 4.55. The van der Waals surface area contributed by atoms with Crippen molar-refractivity contribution in [1.82, 2.24) is 15.7 Å². The Morgan fingerprint density at radius 1 is 1.38 bits per heavy atom. The summed E-state index contributed by atoms with van der Waals surface area (Å²) in [6.07, 6.45) is 4.37. The maximum Gasteiger partial charge on any atom is 0.260 e. The third kappa shape index (κ3) is 2.53. The van der Waals surface area contributed by atoms with E-state index in [4.69, 9.17) is 4.84 Å². The summed E-state index contributed by atoms with van der Waals surface area (Å²) in [5.41, 5.74) is 2.46. The van der Waals surface area contributed by atoms with Gasteiger partial charge in [0.15, 0.2) is 0 Å². The molecule has 92 valence electrons. The van der Waals surface area contributed by atoms with E-state index in [1.54, 1.807) is 0 Å². The second-order valence-corrected chi connectivity index (χ2v) is 4.55. The quantitative estimate of drug-likeness (QED) is 0.660. The van der Waals surface area contributed by atoms with Crippen LogP contribution >= 0.6 is 0 Å². The fourth-order valence-corrected chi connectivity index (χ4v) is 2.81. The number of amides is 1. The topological polar surface area (TPSA) is 53.6 Å². The number of hydrogen-bond donors (Lipinski definition) is 2. The highest BCUT2D eigenvalue weighted by molar-refractivity contribution is 5.81. The van der Waals surface area contributed by atoms with Gasteiger partial charge in [-0.05, 0) is 45.3 Å². The van der Waals surface area contributed by atoms with Gasteiger partial charge in [0.25, 0.3) is 5.91 Å². The number of carbonyl (C=O) groups is 1. The minimum Gasteiger partial charge on any atom is -0.317 e. The molecule has 2 heterocycles. The van der Waals surface area contributed by atoms with Crippen LogP contribution < -0.4 is 10.8 Å². The molecule has 0 bridgehead atoms. The van der Waals surface area contributed by atoms with Crippen LogP contribution in [0.15, 0.2) is 0 Å². The van der Waals surface area contributed by atoms with Gasteiger partial charge in [-0.2, -0.15) is 0 Å². The Balaban J connectivity index is 1.93. The summed E-state index contributed by atoms with van der Waals surface area (Å²) in [4.78, 5) is 18.9. The van der Waals surface area contributed by atoms with Gasteiger partial charge in [-0.25, -0.2) is 5.48 Å². The zero-order chi connectivity index (χ0) is 11.4. The number of piperidine rings is 1. The summed E-state index contributed by atoms with van der Waals surface area (Å²) >= 11 is 0. The number of nitrogens with zero attached hydrogens (tertiary/aromatic N) is 1. The molecular formula is C11H21N3O2. The number of likely N-dealkylation sites (tertiary alicyclic amines) is 1. The van der Waals surface area contributed by atoms with Crippen LogP contribution in [-0.4, -0.2) is 49.6 Å². The van der Waals surface area contributed by atoms with Crippen LogP contribution in [0.4, 0.5) is 0 Å². The van der Waals surface area contributed by atoms with Crippen LogP contribution in [0.2, 0.25) is 0 Å². The molecular weight excluding hydrogens is 206 g/mol. The molecule has 2 aliphatic heterocycles. The average molecular weight is 227 g/mol. The van der Waals surface area contributed by atoms with Gasteiger partial charge in [-0.15, -0.1) is 0 Å². The van der Waals surface area contributed by atoms with E-state index in [1.807, 2.05) is 0 Å². The van der Waals surface area contributed by atoms with Gasteiger partial charge in [0.05, 0.1) is 13.2 Å². The third-order valence-corrected chi connectivity index (χ3v) is 3.58. The van der Waals surface area contributed by atoms with Crippen LogP contribution in [0.1, 0.15) is 25.7 Å². The molecule has 2 saturated heterocycles. The van der Waals surface area contributed by atoms with Gasteiger partial charge < -0.3 is 5.32 Å². The van der Waals surface area contributed by atoms with Gasteiger partial charge in [0.2, 0.25) is 0 Å². The van der Waals surface area contributed by atoms with E-state index < -0.39 is 0 Å². The van der Waals surface area contributed by atoms with E-state index in [-0.39, 0.29) is 11.9 Å². The number of hydrogen-bond acceptors (Lipinski definition) is 4. The zero-order valence-electron chi connectivity index (χ0n) is 9.87. The van der Waals surface area contributed by atoms with Gasteiger partial charge in [0.1, 0.15) is 0 Å². The van der Waals surface area contributed by atoms with Crippen LogP contribution in [0.3, 0.4) is 0 Å². The Labute approximate surface area is 96.5 Å². The summed E-state index contributed by atoms with van der Waals surface area (Å²) in [6, 6.07) is 0.583. The van der Waals surface area contributed by atoms with Crippen molar-refractivity contribution in [1.29, 1.82) is 0 Å². The molecule has 2 N–H and O–H groups in total. The summed E-state index contributed by atoms with van der Waals surface area (Å²) in [5, 5.41) is 3.36. The minimum absolute atomic E-state index is 0.0125. The lowest BCUT2D eigenvalue weighted by Gasteiger charge is -2.34. The monoisotopic (exact) mass is 227 g/mol. The van der Waals surface area contributed by atoms with Crippen molar-refractivity contribution < 1.29 is 9.63 Å². The number of nitrogens with one attached hydrogen (secondary N) is 2. The maximum absolute atomic E-state index is 11.8. The molecule has 5 heteroatoms. The molecule has 0 aromatic heterocycles. The third-order valence-electron chi connectivity index (χ3n) is 3.58. The predicted octanol–water partition coefficient (Wildman–Crippen LogP) is -0.120. The Bertz CT molecular complexity index is 241. The van der Waals surface area contributed by atoms with Crippen molar-refractivity contribution in [2.75, 3.05) is 26.7 Å². The fraction of sp³-hybridized carbons (Fsp3) is 0.909. The molecule has 0 radical (unpaired) electrons. The Hall–Kier alpha value is -0.650. The first kappa shape index (κ1) is 11.8. The smallest absolute Gasteiger partial charge is 0.260 e. The van der Waals surface area contributed by atoms with Crippen molar-refractivity contribution in [3.05, 3.63) is 0 Å². The molecule has 2 rings (SSSR count). The largest absolute Gasteiger partial charge is 0.317 e. The van der Waals surface area contributed by atoms with E-state index >= 15 is 0 Å². The molecule has 0 saturated carbocycles. The molecule has 1 atom stereocenters. The highest BCUT2D eigenvalue weighted by atomic mass is 16.6. The standard InChI is InChI=1S/C11H21N3O2/c1-16-13-11(15)10-3-2-8-14(10)9-4-6-12-7-5-9/h9-10,12H,2-8H2,1H3,(H,13,15). The molecule has 5 nitrogen and oxygen atoms in total. The molecule has 16 heavy (non-hydrogen) atoms. The van der Waals surface area contributed by atoms with Gasteiger partial charge >= 0.3 is 0 Å². The van der Waals surface area contributed by atoms with E-state index in [0.717, 1.165) is 45.3 Å². The fourth-order valence-electron chi connectivity index (χ4n) is 2.81. The number of hydroxylamine groups is 1. The first-order valence-electron chi connectivity index (χ1n) is 6.12. The summed E-state index contributed by atoms with van der Waals surface area (Å²) in [7, 11) is 1.49. The van der Waals surface area contributed by atoms with Crippen molar-refractivity contribution in [2.24, 2.45) is 0 Å². The van der Waals surface area contributed by atoms with Crippen molar-refractivity contribution in [2.45, 2.75) is 37.8 Å². The highest BCUT2D eigenvalue weighted by Crippen LogP contribution is 2.24. The van der Waals surface area contributed by atoms with E-state index in [9.17, 15) is 4.79 Å². The minimum atomic E-state index is 0.0125. The highest BCUT2D eigenvalue weighted by Gasteiger charge is 2.35. The molecule has 1 amide bonds. The number of carbonyl (C=O) groups excluding carboxylic acids is 1. The van der Waals surface area contributed by atoms with Crippen LogP contribution in [0, 0.1) is 0 Å². The Morgan fingerprint density at radius 2 is 2.12 bits per heavy atom. The molecule has 1 unspecified atom stereocenters. The van der Waals surface area contributed by atoms with Crippen molar-refractivity contribution in [3.63, 3.8) is 0 Å². The van der Waals surface area contributed by atoms with Crippen LogP contribution in [0.5, 0.6) is 0 Å². The lowest BCUT2D eigenvalue weighted by molar-refractivity contribution is -0.136. The Morgan fingerprint density at radius 3 is 2.81 bits per heavy atom. The molecule has 2 fully saturated rings. The lowest BCUT2D eigenvalue weighted by atomic mass is 10.0. The second kappa shape index (κ2) is 5.61. The predicted molar refractivity (Wildman–Crippen MR) is 60.8 cm³/mol. The van der Waals surface area contributed by atoms with E-state index in [0.29, 0.717) is 6.04 Å². The normalized spacial score (nSPS) is 28.2. The van der Waals surface area contributed by atoms with Crippen molar-refractivity contribution >= 4 is 5.91 Å². The van der Waals surface area contributed by atoms with Gasteiger partial charge in [-0.1, -0.05) is 0 Å². The summed E-state index contributed by atoms with van der Waals surface area (Å²) in [5.74, 6) is 0.0125. The molecule has 0 aliphatic carbocycles. The first-order chi connectivity index (χ1) is 7.83. The van der Waals surface area contributed by atoms with Crippen LogP contribution in [-0.2, 0) is 9.63 Å². The first-order valence-corrected chi connectivity index (χ1v) is 6.12. The van der Waals surface area contributed by atoms with E-state index in [1.165, 1.54) is 7.11 Å². The lowest BCUT2D eigenvalue weighted by Crippen LogP contribution is -2.50. The molecule has 0 aromatic carbocycles. The molecule has 0 spiro atoms. The maximum atomic E-state index is 11.8. The number of rotatable bonds is 3. The van der Waals surface area contributed by atoms with Crippen molar-refractivity contribution in [3.8, 4) is 0 Å².